The van der Waals surface area contributed by atoms with Crippen molar-refractivity contribution < 1.29 is 22.4 Å². The molecule has 0 saturated heterocycles. The number of hydrogen-bond donors (Lipinski definition) is 1. The van der Waals surface area contributed by atoms with E-state index in [0.717, 1.165) is 47.0 Å². The predicted molar refractivity (Wildman–Crippen MR) is 147 cm³/mol. The smallest absolute Gasteiger partial charge is 0.264 e. The molecule has 3 rings (SSSR count). The molecule has 1 atom stereocenters. The van der Waals surface area contributed by atoms with Gasteiger partial charge in [0, 0.05) is 18.1 Å². The van der Waals surface area contributed by atoms with Crippen LogP contribution in [0.5, 0.6) is 0 Å². The molecule has 38 heavy (non-hydrogen) atoms. The summed E-state index contributed by atoms with van der Waals surface area (Å²) in [5, 5.41) is 3.36. The number of nitrogens with zero attached hydrogens (tertiary/aromatic N) is 2. The number of benzene rings is 3. The zero-order valence-electron chi connectivity index (χ0n) is 21.3. The highest BCUT2D eigenvalue weighted by Crippen LogP contribution is 2.24. The normalized spacial score (nSPS) is 12.0. The molecular formula is C28H31ClFN3O4S. The fourth-order valence-corrected chi connectivity index (χ4v) is 5.30. The number of halogens is 2. The van der Waals surface area contributed by atoms with Crippen LogP contribution in [0.1, 0.15) is 32.3 Å². The summed E-state index contributed by atoms with van der Waals surface area (Å²) < 4.78 is 41.7. The zero-order valence-corrected chi connectivity index (χ0v) is 22.9. The fraction of sp³-hybridized carbons (Fsp3) is 0.286. The van der Waals surface area contributed by atoms with Gasteiger partial charge in [-0.2, -0.15) is 0 Å². The zero-order chi connectivity index (χ0) is 27.7. The number of carbonyl (C=O) groups excluding carboxylic acids is 2. The van der Waals surface area contributed by atoms with Crippen molar-refractivity contribution in [2.24, 2.45) is 0 Å². The molecule has 0 aliphatic carbocycles. The largest absolute Gasteiger partial charge is 0.354 e. The molecule has 0 aliphatic heterocycles. The molecule has 0 unspecified atom stereocenters. The highest BCUT2D eigenvalue weighted by atomic mass is 35.5. The first-order valence-corrected chi connectivity index (χ1v) is 14.1. The van der Waals surface area contributed by atoms with Crippen LogP contribution in [-0.2, 0) is 26.2 Å². The van der Waals surface area contributed by atoms with Crippen LogP contribution in [-0.4, -0.2) is 44.3 Å². The van der Waals surface area contributed by atoms with Gasteiger partial charge in [-0.3, -0.25) is 13.9 Å². The van der Waals surface area contributed by atoms with Crippen molar-refractivity contribution in [2.75, 3.05) is 17.4 Å². The van der Waals surface area contributed by atoms with Crippen LogP contribution in [0.3, 0.4) is 0 Å². The Morgan fingerprint density at radius 2 is 1.61 bits per heavy atom. The molecule has 7 nitrogen and oxygen atoms in total. The van der Waals surface area contributed by atoms with Gasteiger partial charge in [0.2, 0.25) is 11.8 Å². The number of rotatable bonds is 12. The maximum Gasteiger partial charge on any atom is 0.264 e. The van der Waals surface area contributed by atoms with Crippen molar-refractivity contribution >= 4 is 39.1 Å². The number of anilines is 1. The van der Waals surface area contributed by atoms with Gasteiger partial charge < -0.3 is 10.2 Å². The molecule has 3 aromatic rings. The van der Waals surface area contributed by atoms with Gasteiger partial charge in [-0.05, 0) is 67.4 Å². The Morgan fingerprint density at radius 1 is 0.974 bits per heavy atom. The third kappa shape index (κ3) is 7.55. The molecule has 0 saturated carbocycles. The van der Waals surface area contributed by atoms with E-state index in [-0.39, 0.29) is 23.0 Å². The molecule has 2 amide bonds. The van der Waals surface area contributed by atoms with Crippen LogP contribution in [0.15, 0.2) is 83.8 Å². The Balaban J connectivity index is 1.96. The minimum atomic E-state index is -4.24. The molecule has 0 spiro atoms. The van der Waals surface area contributed by atoms with Crippen LogP contribution < -0.4 is 9.62 Å². The lowest BCUT2D eigenvalue weighted by molar-refractivity contribution is -0.139. The van der Waals surface area contributed by atoms with Crippen LogP contribution >= 0.6 is 11.6 Å². The number of para-hydroxylation sites is 1. The lowest BCUT2D eigenvalue weighted by Crippen LogP contribution is -2.51. The number of carbonyl (C=O) groups is 2. The van der Waals surface area contributed by atoms with Crippen molar-refractivity contribution in [3.05, 3.63) is 95.3 Å². The van der Waals surface area contributed by atoms with Gasteiger partial charge >= 0.3 is 0 Å². The first-order chi connectivity index (χ1) is 18.1. The second-order valence-electron chi connectivity index (χ2n) is 8.77. The number of nitrogens with one attached hydrogen (secondary N) is 1. The van der Waals surface area contributed by atoms with E-state index in [4.69, 9.17) is 11.6 Å². The minimum Gasteiger partial charge on any atom is -0.354 e. The Labute approximate surface area is 228 Å². The summed E-state index contributed by atoms with van der Waals surface area (Å²) in [4.78, 5) is 27.9. The first kappa shape index (κ1) is 29.1. The summed E-state index contributed by atoms with van der Waals surface area (Å²) in [5.41, 5.74) is 0.986. The Kier molecular flexibility index (Phi) is 10.3. The summed E-state index contributed by atoms with van der Waals surface area (Å²) in [7, 11) is -4.24. The standard InChI is InChI=1S/C28H31ClFN3O4S/c1-3-4-18-31-28(35)21(2)32(19-22-10-12-23(29)13-11-22)27(34)20-33(25-8-6-5-7-9-25)38(36,37)26-16-14-24(30)15-17-26/h5-17,21H,3-4,18-20H2,1-2H3,(H,31,35)/t21-/m0/s1. The van der Waals surface area contributed by atoms with E-state index in [1.807, 2.05) is 6.92 Å². The Bertz CT molecular complexity index is 1320. The van der Waals surface area contributed by atoms with E-state index in [9.17, 15) is 22.4 Å². The summed E-state index contributed by atoms with van der Waals surface area (Å²) >= 11 is 6.01. The third-order valence-electron chi connectivity index (χ3n) is 5.99. The van der Waals surface area contributed by atoms with Crippen LogP contribution in [0.25, 0.3) is 0 Å². The predicted octanol–water partition coefficient (Wildman–Crippen LogP) is 5.01. The summed E-state index contributed by atoms with van der Waals surface area (Å²) in [6.45, 7) is 3.58. The summed E-state index contributed by atoms with van der Waals surface area (Å²) in [6, 6.07) is 18.6. The van der Waals surface area contributed by atoms with Crippen molar-refractivity contribution in [3.63, 3.8) is 0 Å². The van der Waals surface area contributed by atoms with Crippen molar-refractivity contribution in [2.45, 2.75) is 44.2 Å². The average molecular weight is 560 g/mol. The minimum absolute atomic E-state index is 0.0671. The van der Waals surface area contributed by atoms with Gasteiger partial charge in [-0.1, -0.05) is 55.3 Å². The van der Waals surface area contributed by atoms with E-state index < -0.39 is 34.3 Å². The lowest BCUT2D eigenvalue weighted by Gasteiger charge is -2.32. The molecule has 0 radical (unpaired) electrons. The molecule has 3 aromatic carbocycles. The molecule has 0 aromatic heterocycles. The monoisotopic (exact) mass is 559 g/mol. The molecule has 0 fully saturated rings. The van der Waals surface area contributed by atoms with Crippen molar-refractivity contribution in [1.82, 2.24) is 10.2 Å². The highest BCUT2D eigenvalue weighted by molar-refractivity contribution is 7.92. The van der Waals surface area contributed by atoms with E-state index in [2.05, 4.69) is 5.32 Å². The first-order valence-electron chi connectivity index (χ1n) is 12.3. The lowest BCUT2D eigenvalue weighted by atomic mass is 10.1. The topological polar surface area (TPSA) is 86.8 Å². The van der Waals surface area contributed by atoms with Crippen molar-refractivity contribution in [1.29, 1.82) is 0 Å². The average Bonchev–Trinajstić information content (AvgIpc) is 2.91. The van der Waals surface area contributed by atoms with Gasteiger partial charge in [0.1, 0.15) is 18.4 Å². The highest BCUT2D eigenvalue weighted by Gasteiger charge is 2.32. The van der Waals surface area contributed by atoms with Gasteiger partial charge in [0.25, 0.3) is 10.0 Å². The van der Waals surface area contributed by atoms with Crippen LogP contribution in [0.4, 0.5) is 10.1 Å². The summed E-state index contributed by atoms with van der Waals surface area (Å²) in [5.74, 6) is -1.50. The van der Waals surface area contributed by atoms with Crippen molar-refractivity contribution in [3.8, 4) is 0 Å². The van der Waals surface area contributed by atoms with E-state index >= 15 is 0 Å². The van der Waals surface area contributed by atoms with Gasteiger partial charge in [0.15, 0.2) is 0 Å². The molecule has 202 valence electrons. The second-order valence-corrected chi connectivity index (χ2v) is 11.1. The van der Waals surface area contributed by atoms with Gasteiger partial charge in [-0.25, -0.2) is 12.8 Å². The van der Waals surface area contributed by atoms with E-state index in [1.54, 1.807) is 61.5 Å². The Hall–Kier alpha value is -3.43. The van der Waals surface area contributed by atoms with Gasteiger partial charge in [0.05, 0.1) is 10.6 Å². The SMILES string of the molecule is CCCCNC(=O)[C@H](C)N(Cc1ccc(Cl)cc1)C(=O)CN(c1ccccc1)S(=O)(=O)c1ccc(F)cc1. The third-order valence-corrected chi connectivity index (χ3v) is 8.03. The quantitative estimate of drug-likeness (QED) is 0.316. The van der Waals surface area contributed by atoms with Gasteiger partial charge in [-0.15, -0.1) is 0 Å². The molecule has 10 heteroatoms. The number of unbranched alkanes of at least 4 members (excludes halogenated alkanes) is 1. The van der Waals surface area contributed by atoms with E-state index in [0.29, 0.717) is 11.6 Å². The molecule has 0 aliphatic rings. The number of hydrogen-bond acceptors (Lipinski definition) is 4. The molecular weight excluding hydrogens is 529 g/mol. The van der Waals surface area contributed by atoms with Crippen LogP contribution in [0, 0.1) is 5.82 Å². The molecule has 0 heterocycles. The molecule has 1 N–H and O–H groups in total. The maximum atomic E-state index is 13.8. The number of sulfonamides is 1. The number of amides is 2. The maximum absolute atomic E-state index is 13.8. The Morgan fingerprint density at radius 3 is 2.21 bits per heavy atom. The second kappa shape index (κ2) is 13.4. The van der Waals surface area contributed by atoms with Crippen LogP contribution in [0.2, 0.25) is 5.02 Å². The summed E-state index contributed by atoms with van der Waals surface area (Å²) in [6.07, 6.45) is 1.69. The van der Waals surface area contributed by atoms with E-state index in [1.165, 1.54) is 4.90 Å². The fourth-order valence-electron chi connectivity index (χ4n) is 3.76. The molecule has 0 bridgehead atoms.